The van der Waals surface area contributed by atoms with Crippen LogP contribution in [-0.2, 0) is 13.0 Å². The lowest BCUT2D eigenvalue weighted by molar-refractivity contribution is 0.646. The molecule has 2 rings (SSSR count). The fourth-order valence-corrected chi connectivity index (χ4v) is 2.44. The number of aryl methyl sites for hydroxylation is 1. The van der Waals surface area contributed by atoms with Crippen LogP contribution in [0.5, 0.6) is 0 Å². The molecule has 2 heteroatoms. The number of nitrogens with one attached hydrogen (secondary N) is 1. The van der Waals surface area contributed by atoms with E-state index in [2.05, 4.69) is 54.2 Å². The van der Waals surface area contributed by atoms with Gasteiger partial charge in [0.05, 0.1) is 0 Å². The molecule has 0 aliphatic heterocycles. The molecule has 98 valence electrons. The number of para-hydroxylation sites is 1. The maximum Gasteiger partial charge on any atom is 0.0483 e. The molecule has 2 aromatic rings. The summed E-state index contributed by atoms with van der Waals surface area (Å²) < 4.78 is 2.42. The first kappa shape index (κ1) is 13.2. The Morgan fingerprint density at radius 3 is 2.78 bits per heavy atom. The lowest BCUT2D eigenvalue weighted by Gasteiger charge is -2.02. The van der Waals surface area contributed by atoms with Crippen LogP contribution in [0.15, 0.2) is 30.5 Å². The summed E-state index contributed by atoms with van der Waals surface area (Å²) in [5.41, 5.74) is 2.86. The molecule has 0 saturated carbocycles. The van der Waals surface area contributed by atoms with Gasteiger partial charge in [0, 0.05) is 23.6 Å². The van der Waals surface area contributed by atoms with Gasteiger partial charge >= 0.3 is 0 Å². The summed E-state index contributed by atoms with van der Waals surface area (Å²) in [4.78, 5) is 0. The Hall–Kier alpha value is -1.28. The number of hydrogen-bond acceptors (Lipinski definition) is 1. The molecule has 0 aliphatic rings. The molecular weight excluding hydrogens is 220 g/mol. The van der Waals surface area contributed by atoms with Gasteiger partial charge in [-0.2, -0.15) is 0 Å². The van der Waals surface area contributed by atoms with Gasteiger partial charge in [-0.1, -0.05) is 38.5 Å². The summed E-state index contributed by atoms with van der Waals surface area (Å²) in [7, 11) is 0. The van der Waals surface area contributed by atoms with Gasteiger partial charge in [0.15, 0.2) is 0 Å². The first-order valence-electron chi connectivity index (χ1n) is 7.14. The Balaban J connectivity index is 2.23. The fourth-order valence-electron chi connectivity index (χ4n) is 2.44. The standard InChI is InChI=1S/C16H24N2/c1-3-5-12-18-13-14(10-11-17-4-2)15-8-6-7-9-16(15)18/h6-9,13,17H,3-5,10-12H2,1-2H3. The Labute approximate surface area is 110 Å². The second kappa shape index (κ2) is 6.60. The van der Waals surface area contributed by atoms with Gasteiger partial charge in [-0.15, -0.1) is 0 Å². The van der Waals surface area contributed by atoms with Gasteiger partial charge in [-0.25, -0.2) is 0 Å². The maximum atomic E-state index is 3.40. The fraction of sp³-hybridized carbons (Fsp3) is 0.500. The minimum Gasteiger partial charge on any atom is -0.347 e. The van der Waals surface area contributed by atoms with Gasteiger partial charge in [0.1, 0.15) is 0 Å². The average molecular weight is 244 g/mol. The number of unbranched alkanes of at least 4 members (excludes halogenated alkanes) is 1. The highest BCUT2D eigenvalue weighted by atomic mass is 15.0. The second-order valence-electron chi connectivity index (χ2n) is 4.82. The molecule has 0 amide bonds. The minimum absolute atomic E-state index is 1.05. The smallest absolute Gasteiger partial charge is 0.0483 e. The molecule has 1 aromatic carbocycles. The van der Waals surface area contributed by atoms with Crippen LogP contribution >= 0.6 is 0 Å². The topological polar surface area (TPSA) is 17.0 Å². The quantitative estimate of drug-likeness (QED) is 0.736. The van der Waals surface area contributed by atoms with Crippen LogP contribution in [-0.4, -0.2) is 17.7 Å². The Morgan fingerprint density at radius 2 is 2.00 bits per heavy atom. The number of fused-ring (bicyclic) bond motifs is 1. The van der Waals surface area contributed by atoms with E-state index in [1.165, 1.54) is 29.3 Å². The number of rotatable bonds is 7. The summed E-state index contributed by atoms with van der Waals surface area (Å²) in [5, 5.41) is 4.83. The van der Waals surface area contributed by atoms with E-state index in [4.69, 9.17) is 0 Å². The molecule has 0 saturated heterocycles. The lowest BCUT2D eigenvalue weighted by Crippen LogP contribution is -2.15. The van der Waals surface area contributed by atoms with Crippen LogP contribution < -0.4 is 5.32 Å². The molecule has 1 N–H and O–H groups in total. The Kier molecular flexibility index (Phi) is 4.82. The maximum absolute atomic E-state index is 3.40. The minimum atomic E-state index is 1.05. The zero-order chi connectivity index (χ0) is 12.8. The molecule has 0 bridgehead atoms. The van der Waals surface area contributed by atoms with Crippen LogP contribution in [0.3, 0.4) is 0 Å². The van der Waals surface area contributed by atoms with Crippen molar-refractivity contribution in [3.8, 4) is 0 Å². The van der Waals surface area contributed by atoms with Crippen molar-refractivity contribution >= 4 is 10.9 Å². The van der Waals surface area contributed by atoms with E-state index in [9.17, 15) is 0 Å². The zero-order valence-corrected chi connectivity index (χ0v) is 11.6. The van der Waals surface area contributed by atoms with Crippen LogP contribution in [0.2, 0.25) is 0 Å². The van der Waals surface area contributed by atoms with E-state index >= 15 is 0 Å². The van der Waals surface area contributed by atoms with Crippen LogP contribution in [0.25, 0.3) is 10.9 Å². The molecule has 0 radical (unpaired) electrons. The number of aromatic nitrogens is 1. The van der Waals surface area contributed by atoms with Gasteiger partial charge in [0.25, 0.3) is 0 Å². The van der Waals surface area contributed by atoms with Crippen molar-refractivity contribution in [2.45, 2.75) is 39.7 Å². The summed E-state index contributed by atoms with van der Waals surface area (Å²) in [6.07, 6.45) is 5.97. The molecule has 0 aliphatic carbocycles. The third-order valence-corrected chi connectivity index (χ3v) is 3.44. The van der Waals surface area contributed by atoms with Crippen molar-refractivity contribution in [2.75, 3.05) is 13.1 Å². The van der Waals surface area contributed by atoms with Crippen LogP contribution in [0.1, 0.15) is 32.3 Å². The van der Waals surface area contributed by atoms with E-state index in [0.29, 0.717) is 0 Å². The largest absolute Gasteiger partial charge is 0.347 e. The van der Waals surface area contributed by atoms with E-state index in [0.717, 1.165) is 26.1 Å². The monoisotopic (exact) mass is 244 g/mol. The zero-order valence-electron chi connectivity index (χ0n) is 11.6. The first-order valence-corrected chi connectivity index (χ1v) is 7.14. The highest BCUT2D eigenvalue weighted by Gasteiger charge is 2.06. The molecule has 0 spiro atoms. The summed E-state index contributed by atoms with van der Waals surface area (Å²) >= 11 is 0. The molecule has 1 aromatic heterocycles. The van der Waals surface area contributed by atoms with Crippen molar-refractivity contribution in [2.24, 2.45) is 0 Å². The number of likely N-dealkylation sites (N-methyl/N-ethyl adjacent to an activating group) is 1. The Morgan fingerprint density at radius 1 is 1.17 bits per heavy atom. The van der Waals surface area contributed by atoms with Gasteiger partial charge < -0.3 is 9.88 Å². The molecule has 0 atom stereocenters. The van der Waals surface area contributed by atoms with Crippen molar-refractivity contribution in [1.29, 1.82) is 0 Å². The average Bonchev–Trinajstić information content (AvgIpc) is 2.76. The third kappa shape index (κ3) is 2.94. The van der Waals surface area contributed by atoms with Crippen molar-refractivity contribution in [3.05, 3.63) is 36.0 Å². The first-order chi connectivity index (χ1) is 8.86. The predicted octanol–water partition coefficient (Wildman–Crippen LogP) is 3.59. The number of nitrogens with zero attached hydrogens (tertiary/aromatic N) is 1. The summed E-state index contributed by atoms with van der Waals surface area (Å²) in [5.74, 6) is 0. The molecule has 0 unspecified atom stereocenters. The molecule has 18 heavy (non-hydrogen) atoms. The third-order valence-electron chi connectivity index (χ3n) is 3.44. The SMILES string of the molecule is CCCCn1cc(CCNCC)c2ccccc21. The summed E-state index contributed by atoms with van der Waals surface area (Å²) in [6, 6.07) is 8.77. The summed E-state index contributed by atoms with van der Waals surface area (Å²) in [6.45, 7) is 7.66. The van der Waals surface area contributed by atoms with Gasteiger partial charge in [-0.05, 0) is 37.6 Å². The molecular formula is C16H24N2. The Bertz CT molecular complexity index is 485. The molecule has 2 nitrogen and oxygen atoms in total. The van der Waals surface area contributed by atoms with Crippen LogP contribution in [0.4, 0.5) is 0 Å². The van der Waals surface area contributed by atoms with E-state index in [1.54, 1.807) is 0 Å². The van der Waals surface area contributed by atoms with Crippen molar-refractivity contribution in [3.63, 3.8) is 0 Å². The number of hydrogen-bond donors (Lipinski definition) is 1. The molecule has 0 fully saturated rings. The lowest BCUT2D eigenvalue weighted by atomic mass is 10.1. The second-order valence-corrected chi connectivity index (χ2v) is 4.82. The normalized spacial score (nSPS) is 11.2. The predicted molar refractivity (Wildman–Crippen MR) is 79.1 cm³/mol. The van der Waals surface area contributed by atoms with E-state index in [1.807, 2.05) is 0 Å². The van der Waals surface area contributed by atoms with Gasteiger partial charge in [-0.3, -0.25) is 0 Å². The van der Waals surface area contributed by atoms with Gasteiger partial charge in [0.2, 0.25) is 0 Å². The van der Waals surface area contributed by atoms with Crippen LogP contribution in [0, 0.1) is 0 Å². The highest BCUT2D eigenvalue weighted by Crippen LogP contribution is 2.22. The van der Waals surface area contributed by atoms with Crippen molar-refractivity contribution in [1.82, 2.24) is 9.88 Å². The van der Waals surface area contributed by atoms with E-state index in [-0.39, 0.29) is 0 Å². The van der Waals surface area contributed by atoms with Crippen molar-refractivity contribution < 1.29 is 0 Å². The molecule has 1 heterocycles. The highest BCUT2D eigenvalue weighted by molar-refractivity contribution is 5.84. The van der Waals surface area contributed by atoms with E-state index < -0.39 is 0 Å². The number of benzene rings is 1.